The molecule has 2 heterocycles. The zero-order chi connectivity index (χ0) is 19.1. The molecule has 1 saturated heterocycles. The first-order valence-electron chi connectivity index (χ1n) is 9.47. The Bertz CT molecular complexity index is 733. The fraction of sp³-hybridized carbons (Fsp3) is 0.500. The van der Waals surface area contributed by atoms with Crippen molar-refractivity contribution in [2.24, 2.45) is 12.0 Å². The van der Waals surface area contributed by atoms with Crippen LogP contribution in [0, 0.1) is 6.92 Å². The van der Waals surface area contributed by atoms with E-state index in [1.54, 1.807) is 13.2 Å². The molecule has 1 fully saturated rings. The van der Waals surface area contributed by atoms with Gasteiger partial charge in [0.05, 0.1) is 31.5 Å². The van der Waals surface area contributed by atoms with Crippen LogP contribution in [0.1, 0.15) is 22.9 Å². The number of hydrogen-bond acceptors (Lipinski definition) is 4. The topological polar surface area (TPSA) is 66.7 Å². The van der Waals surface area contributed by atoms with Crippen LogP contribution in [0.5, 0.6) is 0 Å². The summed E-state index contributed by atoms with van der Waals surface area (Å²) in [5.41, 5.74) is 3.71. The average molecular weight is 371 g/mol. The Kier molecular flexibility index (Phi) is 6.84. The van der Waals surface area contributed by atoms with Crippen LogP contribution in [0.25, 0.3) is 0 Å². The van der Waals surface area contributed by atoms with E-state index in [1.165, 1.54) is 11.1 Å². The van der Waals surface area contributed by atoms with Gasteiger partial charge in [0.1, 0.15) is 0 Å². The van der Waals surface area contributed by atoms with E-state index in [1.807, 2.05) is 17.8 Å². The van der Waals surface area contributed by atoms with Gasteiger partial charge < -0.3 is 15.4 Å². The Labute approximate surface area is 161 Å². The minimum Gasteiger partial charge on any atom is -0.379 e. The third-order valence-electron chi connectivity index (χ3n) is 4.99. The first-order valence-corrected chi connectivity index (χ1v) is 9.47. The highest BCUT2D eigenvalue weighted by Crippen LogP contribution is 2.21. The van der Waals surface area contributed by atoms with Crippen molar-refractivity contribution in [2.75, 3.05) is 39.9 Å². The Morgan fingerprint density at radius 1 is 1.19 bits per heavy atom. The van der Waals surface area contributed by atoms with Gasteiger partial charge >= 0.3 is 0 Å². The normalized spacial score (nSPS) is 16.9. The third-order valence-corrected chi connectivity index (χ3v) is 4.99. The van der Waals surface area contributed by atoms with E-state index in [0.717, 1.165) is 44.5 Å². The van der Waals surface area contributed by atoms with Gasteiger partial charge in [-0.05, 0) is 18.6 Å². The summed E-state index contributed by atoms with van der Waals surface area (Å²) >= 11 is 0. The lowest BCUT2D eigenvalue weighted by Gasteiger charge is -2.35. The number of nitrogens with zero attached hydrogens (tertiary/aromatic N) is 4. The molecule has 1 unspecified atom stereocenters. The second kappa shape index (κ2) is 9.53. The molecule has 7 nitrogen and oxygen atoms in total. The second-order valence-corrected chi connectivity index (χ2v) is 6.83. The number of hydrogen-bond donors (Lipinski definition) is 2. The lowest BCUT2D eigenvalue weighted by molar-refractivity contribution is 0.0170. The summed E-state index contributed by atoms with van der Waals surface area (Å²) in [4.78, 5) is 6.85. The Morgan fingerprint density at radius 3 is 2.56 bits per heavy atom. The molecule has 7 heteroatoms. The number of rotatable bonds is 6. The summed E-state index contributed by atoms with van der Waals surface area (Å²) in [6, 6.07) is 11.1. The summed E-state index contributed by atoms with van der Waals surface area (Å²) in [6.45, 7) is 7.06. The molecule has 3 rings (SSSR count). The van der Waals surface area contributed by atoms with Gasteiger partial charge in [-0.25, -0.2) is 0 Å². The van der Waals surface area contributed by atoms with Gasteiger partial charge in [-0.15, -0.1) is 0 Å². The minimum absolute atomic E-state index is 0.282. The van der Waals surface area contributed by atoms with Crippen molar-refractivity contribution in [1.29, 1.82) is 0 Å². The number of morpholine rings is 1. The van der Waals surface area contributed by atoms with Crippen LogP contribution in [0.3, 0.4) is 0 Å². The van der Waals surface area contributed by atoms with Crippen molar-refractivity contribution in [1.82, 2.24) is 25.3 Å². The van der Waals surface area contributed by atoms with E-state index in [4.69, 9.17) is 4.74 Å². The van der Waals surface area contributed by atoms with Crippen LogP contribution < -0.4 is 10.6 Å². The van der Waals surface area contributed by atoms with Crippen LogP contribution in [-0.4, -0.2) is 60.5 Å². The van der Waals surface area contributed by atoms with Gasteiger partial charge in [0.25, 0.3) is 0 Å². The molecule has 146 valence electrons. The summed E-state index contributed by atoms with van der Waals surface area (Å²) in [5, 5.41) is 11.1. The highest BCUT2D eigenvalue weighted by molar-refractivity contribution is 5.79. The average Bonchev–Trinajstić information content (AvgIpc) is 3.11. The van der Waals surface area contributed by atoms with Gasteiger partial charge in [0.15, 0.2) is 5.96 Å². The monoisotopic (exact) mass is 370 g/mol. The molecule has 27 heavy (non-hydrogen) atoms. The highest BCUT2D eigenvalue weighted by Gasteiger charge is 2.22. The summed E-state index contributed by atoms with van der Waals surface area (Å²) in [5.74, 6) is 0.793. The van der Waals surface area contributed by atoms with Crippen molar-refractivity contribution >= 4 is 5.96 Å². The van der Waals surface area contributed by atoms with Crippen molar-refractivity contribution in [3.8, 4) is 0 Å². The van der Waals surface area contributed by atoms with Gasteiger partial charge in [-0.3, -0.25) is 14.6 Å². The summed E-state index contributed by atoms with van der Waals surface area (Å²) in [6.07, 6.45) is 1.80. The third kappa shape index (κ3) is 5.30. The predicted molar refractivity (Wildman–Crippen MR) is 108 cm³/mol. The lowest BCUT2D eigenvalue weighted by atomic mass is 10.0. The van der Waals surface area contributed by atoms with Crippen LogP contribution in [0.2, 0.25) is 0 Å². The fourth-order valence-electron chi connectivity index (χ4n) is 3.30. The van der Waals surface area contributed by atoms with E-state index in [-0.39, 0.29) is 6.04 Å². The molecule has 1 aliphatic heterocycles. The summed E-state index contributed by atoms with van der Waals surface area (Å²) in [7, 11) is 3.74. The summed E-state index contributed by atoms with van der Waals surface area (Å²) < 4.78 is 7.40. The van der Waals surface area contributed by atoms with Gasteiger partial charge in [-0.1, -0.05) is 29.8 Å². The number of aromatic nitrogens is 2. The van der Waals surface area contributed by atoms with Crippen molar-refractivity contribution < 1.29 is 4.74 Å². The largest absolute Gasteiger partial charge is 0.379 e. The molecule has 1 aromatic heterocycles. The molecule has 0 bridgehead atoms. The first kappa shape index (κ1) is 19.4. The van der Waals surface area contributed by atoms with Gasteiger partial charge in [0.2, 0.25) is 0 Å². The number of ether oxygens (including phenoxy) is 1. The number of aryl methyl sites for hydroxylation is 2. The predicted octanol–water partition coefficient (Wildman–Crippen LogP) is 1.47. The first-order chi connectivity index (χ1) is 13.2. The molecule has 1 aromatic carbocycles. The maximum Gasteiger partial charge on any atom is 0.191 e. The van der Waals surface area contributed by atoms with Crippen molar-refractivity contribution in [3.05, 3.63) is 53.3 Å². The van der Waals surface area contributed by atoms with E-state index in [2.05, 4.69) is 56.8 Å². The van der Waals surface area contributed by atoms with Gasteiger partial charge in [0, 0.05) is 39.9 Å². The molecule has 0 amide bonds. The zero-order valence-corrected chi connectivity index (χ0v) is 16.5. The van der Waals surface area contributed by atoms with Gasteiger partial charge in [-0.2, -0.15) is 5.10 Å². The molecule has 0 aliphatic carbocycles. The standard InChI is InChI=1S/C20H30N6O/c1-16-4-6-17(7-5-16)19(26-10-12-27-13-11-26)15-23-20(21-2)22-14-18-8-9-24-25(18)3/h4-9,19H,10-15H2,1-3H3,(H2,21,22,23). The van der Waals surface area contributed by atoms with Crippen LogP contribution in [-0.2, 0) is 18.3 Å². The Morgan fingerprint density at radius 2 is 1.93 bits per heavy atom. The molecule has 1 aliphatic rings. The maximum absolute atomic E-state index is 5.54. The van der Waals surface area contributed by atoms with E-state index >= 15 is 0 Å². The lowest BCUT2D eigenvalue weighted by Crippen LogP contribution is -2.46. The molecular formula is C20H30N6O. The molecule has 0 spiro atoms. The minimum atomic E-state index is 0.282. The smallest absolute Gasteiger partial charge is 0.191 e. The van der Waals surface area contributed by atoms with Crippen molar-refractivity contribution in [3.63, 3.8) is 0 Å². The SMILES string of the molecule is CN=C(NCc1ccnn1C)NCC(c1ccc(C)cc1)N1CCOCC1. The quantitative estimate of drug-likeness (QED) is 0.595. The molecule has 2 aromatic rings. The van der Waals surface area contributed by atoms with Crippen LogP contribution in [0.15, 0.2) is 41.5 Å². The number of guanidine groups is 1. The Balaban J connectivity index is 1.63. The molecule has 2 N–H and O–H groups in total. The maximum atomic E-state index is 5.54. The van der Waals surface area contributed by atoms with Crippen LogP contribution in [0.4, 0.5) is 0 Å². The molecule has 0 radical (unpaired) electrons. The number of nitrogens with one attached hydrogen (secondary N) is 2. The van der Waals surface area contributed by atoms with Crippen LogP contribution >= 0.6 is 0 Å². The van der Waals surface area contributed by atoms with E-state index < -0.39 is 0 Å². The fourth-order valence-corrected chi connectivity index (χ4v) is 3.30. The van der Waals surface area contributed by atoms with E-state index in [0.29, 0.717) is 6.54 Å². The number of aliphatic imine (C=N–C) groups is 1. The zero-order valence-electron chi connectivity index (χ0n) is 16.5. The Hall–Kier alpha value is -2.38. The van der Waals surface area contributed by atoms with Crippen molar-refractivity contribution in [2.45, 2.75) is 19.5 Å². The second-order valence-electron chi connectivity index (χ2n) is 6.83. The number of benzene rings is 1. The molecule has 1 atom stereocenters. The highest BCUT2D eigenvalue weighted by atomic mass is 16.5. The molecule has 0 saturated carbocycles. The molecular weight excluding hydrogens is 340 g/mol. The van der Waals surface area contributed by atoms with E-state index in [9.17, 15) is 0 Å².